The molecule has 2 heterocycles. The molecule has 2 N–H and O–H groups in total. The van der Waals surface area contributed by atoms with Gasteiger partial charge in [-0.1, -0.05) is 12.1 Å². The van der Waals surface area contributed by atoms with Crippen LogP contribution in [0.3, 0.4) is 0 Å². The summed E-state index contributed by atoms with van der Waals surface area (Å²) in [5.41, 5.74) is 1.79. The Balaban J connectivity index is 1.44. The summed E-state index contributed by atoms with van der Waals surface area (Å²) in [5, 5.41) is 3.79. The van der Waals surface area contributed by atoms with Gasteiger partial charge in [0.2, 0.25) is 0 Å². The summed E-state index contributed by atoms with van der Waals surface area (Å²) < 4.78 is 10.8. The van der Waals surface area contributed by atoms with Crippen LogP contribution in [0.1, 0.15) is 18.3 Å². The minimum Gasteiger partial charge on any atom is -0.484 e. The molecule has 0 bridgehead atoms. The number of rotatable bonds is 8. The Kier molecular flexibility index (Phi) is 6.04. The average molecular weight is 423 g/mol. The number of thioether (sulfide) groups is 1. The highest BCUT2D eigenvalue weighted by Gasteiger charge is 2.18. The summed E-state index contributed by atoms with van der Waals surface area (Å²) in [4.78, 5) is 31.8. The van der Waals surface area contributed by atoms with E-state index in [9.17, 15) is 9.59 Å². The number of fused-ring (bicyclic) bond motifs is 2. The van der Waals surface area contributed by atoms with Gasteiger partial charge in [-0.15, -0.1) is 0 Å². The second kappa shape index (κ2) is 9.04. The van der Waals surface area contributed by atoms with Crippen LogP contribution in [0, 0.1) is 0 Å². The number of para-hydroxylation sites is 2. The fourth-order valence-corrected chi connectivity index (χ4v) is 3.64. The Hall–Kier alpha value is -3.26. The van der Waals surface area contributed by atoms with E-state index in [1.165, 1.54) is 6.07 Å². The van der Waals surface area contributed by atoms with Crippen LogP contribution in [0.25, 0.3) is 22.0 Å². The van der Waals surface area contributed by atoms with E-state index in [4.69, 9.17) is 9.15 Å². The summed E-state index contributed by atoms with van der Waals surface area (Å²) in [5.74, 6) is 1.81. The Morgan fingerprint density at radius 2 is 2.07 bits per heavy atom. The van der Waals surface area contributed by atoms with Gasteiger partial charge in [-0.25, -0.2) is 9.78 Å². The molecule has 30 heavy (non-hydrogen) atoms. The van der Waals surface area contributed by atoms with Gasteiger partial charge in [-0.3, -0.25) is 4.79 Å². The monoisotopic (exact) mass is 423 g/mol. The van der Waals surface area contributed by atoms with Crippen LogP contribution in [-0.4, -0.2) is 34.5 Å². The molecule has 1 atom stereocenters. The lowest BCUT2D eigenvalue weighted by Gasteiger charge is -2.16. The van der Waals surface area contributed by atoms with Gasteiger partial charge in [0, 0.05) is 17.5 Å². The van der Waals surface area contributed by atoms with E-state index in [-0.39, 0.29) is 18.6 Å². The number of amides is 1. The van der Waals surface area contributed by atoms with Crippen molar-refractivity contribution < 1.29 is 13.9 Å². The molecule has 8 heteroatoms. The number of imidazole rings is 1. The molecule has 0 spiro atoms. The van der Waals surface area contributed by atoms with Gasteiger partial charge in [0.15, 0.2) is 6.61 Å². The van der Waals surface area contributed by atoms with Gasteiger partial charge in [-0.05, 0) is 48.8 Å². The first-order valence-electron chi connectivity index (χ1n) is 9.52. The fourth-order valence-electron chi connectivity index (χ4n) is 3.17. The Morgan fingerprint density at radius 1 is 1.23 bits per heavy atom. The number of nitrogens with one attached hydrogen (secondary N) is 2. The largest absolute Gasteiger partial charge is 0.484 e. The van der Waals surface area contributed by atoms with E-state index in [1.54, 1.807) is 36.0 Å². The predicted octanol–water partition coefficient (Wildman–Crippen LogP) is 3.66. The summed E-state index contributed by atoms with van der Waals surface area (Å²) in [6, 6.07) is 15.7. The maximum Gasteiger partial charge on any atom is 0.336 e. The zero-order valence-corrected chi connectivity index (χ0v) is 17.2. The van der Waals surface area contributed by atoms with Crippen molar-refractivity contribution in [2.24, 2.45) is 0 Å². The molecule has 0 saturated carbocycles. The summed E-state index contributed by atoms with van der Waals surface area (Å²) >= 11 is 1.71. The third kappa shape index (κ3) is 4.65. The molecule has 0 aliphatic carbocycles. The quantitative estimate of drug-likeness (QED) is 0.420. The molecule has 0 aliphatic rings. The second-order valence-corrected chi connectivity index (χ2v) is 7.77. The van der Waals surface area contributed by atoms with Crippen LogP contribution < -0.4 is 15.7 Å². The van der Waals surface area contributed by atoms with Crippen LogP contribution in [0.2, 0.25) is 0 Å². The molecule has 2 aromatic heterocycles. The van der Waals surface area contributed by atoms with Gasteiger partial charge < -0.3 is 19.5 Å². The van der Waals surface area contributed by atoms with Crippen molar-refractivity contribution in [1.29, 1.82) is 0 Å². The van der Waals surface area contributed by atoms with Crippen LogP contribution in [0.4, 0.5) is 0 Å². The number of H-pyrrole nitrogens is 1. The summed E-state index contributed by atoms with van der Waals surface area (Å²) in [6.07, 6.45) is 2.77. The fraction of sp³-hybridized carbons (Fsp3) is 0.227. The molecule has 4 rings (SSSR count). The zero-order valence-electron chi connectivity index (χ0n) is 16.4. The highest BCUT2D eigenvalue weighted by atomic mass is 32.2. The van der Waals surface area contributed by atoms with E-state index >= 15 is 0 Å². The average Bonchev–Trinajstić information content (AvgIpc) is 3.19. The molecule has 7 nitrogen and oxygen atoms in total. The number of carbonyl (C=O) groups excluding carboxylic acids is 1. The molecule has 1 amide bonds. The summed E-state index contributed by atoms with van der Waals surface area (Å²) in [6.45, 7) is -0.154. The number of hydrogen-bond acceptors (Lipinski definition) is 6. The number of aromatic nitrogens is 2. The third-order valence-electron chi connectivity index (χ3n) is 4.65. The van der Waals surface area contributed by atoms with Gasteiger partial charge in [0.25, 0.3) is 5.91 Å². The smallest absolute Gasteiger partial charge is 0.336 e. The molecule has 2 aromatic carbocycles. The van der Waals surface area contributed by atoms with Crippen molar-refractivity contribution >= 4 is 39.7 Å². The molecule has 154 valence electrons. The summed E-state index contributed by atoms with van der Waals surface area (Å²) in [7, 11) is 0. The molecule has 0 unspecified atom stereocenters. The van der Waals surface area contributed by atoms with Crippen molar-refractivity contribution in [3.8, 4) is 5.75 Å². The Labute approximate surface area is 176 Å². The molecule has 0 fully saturated rings. The SMILES string of the molecule is CSCC[C@H](NC(=O)COc1ccc2ccc(=O)oc2c1)c1nc2ccccc2[nH]1. The second-order valence-electron chi connectivity index (χ2n) is 6.78. The van der Waals surface area contributed by atoms with E-state index in [2.05, 4.69) is 15.3 Å². The molecular weight excluding hydrogens is 402 g/mol. The van der Waals surface area contributed by atoms with Crippen molar-refractivity contribution in [3.63, 3.8) is 0 Å². The lowest BCUT2D eigenvalue weighted by atomic mass is 10.2. The lowest BCUT2D eigenvalue weighted by Crippen LogP contribution is -2.33. The van der Waals surface area contributed by atoms with Gasteiger partial charge in [-0.2, -0.15) is 11.8 Å². The van der Waals surface area contributed by atoms with E-state index < -0.39 is 5.63 Å². The first-order valence-corrected chi connectivity index (χ1v) is 10.9. The highest BCUT2D eigenvalue weighted by molar-refractivity contribution is 7.98. The van der Waals surface area contributed by atoms with E-state index in [0.29, 0.717) is 11.3 Å². The molecule has 4 aromatic rings. The maximum atomic E-state index is 12.5. The number of ether oxygens (including phenoxy) is 1. The van der Waals surface area contributed by atoms with Gasteiger partial charge in [0.05, 0.1) is 17.1 Å². The standard InChI is InChI=1S/C22H21N3O4S/c1-30-11-10-18(22-24-16-4-2-3-5-17(16)25-22)23-20(26)13-28-15-8-6-14-7-9-21(27)29-19(14)12-15/h2-9,12,18H,10-11,13H2,1H3,(H,23,26)(H,24,25)/t18-/m0/s1. The highest BCUT2D eigenvalue weighted by Crippen LogP contribution is 2.21. The predicted molar refractivity (Wildman–Crippen MR) is 118 cm³/mol. The van der Waals surface area contributed by atoms with Crippen LogP contribution in [0.15, 0.2) is 63.8 Å². The minimum absolute atomic E-state index is 0.154. The normalized spacial score (nSPS) is 12.2. The third-order valence-corrected chi connectivity index (χ3v) is 5.29. The van der Waals surface area contributed by atoms with E-state index in [1.807, 2.05) is 30.5 Å². The van der Waals surface area contributed by atoms with Crippen molar-refractivity contribution in [3.05, 3.63) is 70.8 Å². The molecule has 0 radical (unpaired) electrons. The topological polar surface area (TPSA) is 97.2 Å². The first kappa shape index (κ1) is 20.0. The molecule has 0 saturated heterocycles. The zero-order chi connectivity index (χ0) is 20.9. The van der Waals surface area contributed by atoms with Crippen molar-refractivity contribution in [2.45, 2.75) is 12.5 Å². The van der Waals surface area contributed by atoms with Crippen LogP contribution in [-0.2, 0) is 4.79 Å². The lowest BCUT2D eigenvalue weighted by molar-refractivity contribution is -0.123. The number of nitrogens with zero attached hydrogens (tertiary/aromatic N) is 1. The Bertz CT molecular complexity index is 1200. The maximum absolute atomic E-state index is 12.5. The van der Waals surface area contributed by atoms with Crippen LogP contribution >= 0.6 is 11.8 Å². The number of benzene rings is 2. The van der Waals surface area contributed by atoms with E-state index in [0.717, 1.165) is 34.4 Å². The van der Waals surface area contributed by atoms with Crippen molar-refractivity contribution in [1.82, 2.24) is 15.3 Å². The number of aromatic amines is 1. The Morgan fingerprint density at radius 3 is 2.90 bits per heavy atom. The molecular formula is C22H21N3O4S. The number of carbonyl (C=O) groups is 1. The van der Waals surface area contributed by atoms with Crippen LogP contribution in [0.5, 0.6) is 5.75 Å². The number of hydrogen-bond donors (Lipinski definition) is 2. The minimum atomic E-state index is -0.431. The first-order chi connectivity index (χ1) is 14.6. The van der Waals surface area contributed by atoms with Gasteiger partial charge in [0.1, 0.15) is 17.2 Å². The molecule has 0 aliphatic heterocycles. The van der Waals surface area contributed by atoms with Gasteiger partial charge >= 0.3 is 5.63 Å². The van der Waals surface area contributed by atoms with Crippen molar-refractivity contribution in [2.75, 3.05) is 18.6 Å².